The van der Waals surface area contributed by atoms with Gasteiger partial charge in [-0.25, -0.2) is 4.98 Å². The highest BCUT2D eigenvalue weighted by Crippen LogP contribution is 2.19. The van der Waals surface area contributed by atoms with Gasteiger partial charge in [0.1, 0.15) is 23.9 Å². The number of aryl methyl sites for hydroxylation is 1. The number of hydrogen-bond acceptors (Lipinski definition) is 3. The molecule has 18 heavy (non-hydrogen) atoms. The number of phenols is 1. The van der Waals surface area contributed by atoms with E-state index < -0.39 is 0 Å². The molecule has 0 aliphatic heterocycles. The average molecular weight is 246 g/mol. The summed E-state index contributed by atoms with van der Waals surface area (Å²) in [6.07, 6.45) is 1.84. The van der Waals surface area contributed by atoms with E-state index in [1.807, 2.05) is 13.1 Å². The van der Waals surface area contributed by atoms with E-state index >= 15 is 0 Å². The summed E-state index contributed by atoms with van der Waals surface area (Å²) >= 11 is 0. The number of aromatic hydroxyl groups is 1. The van der Waals surface area contributed by atoms with Gasteiger partial charge in [-0.05, 0) is 45.0 Å². The third-order valence-electron chi connectivity index (χ3n) is 2.80. The van der Waals surface area contributed by atoms with Crippen LogP contribution in [0.25, 0.3) is 0 Å². The first-order valence-corrected chi connectivity index (χ1v) is 6.02. The van der Waals surface area contributed by atoms with Crippen molar-refractivity contribution in [3.05, 3.63) is 42.0 Å². The third kappa shape index (κ3) is 2.64. The van der Waals surface area contributed by atoms with Crippen LogP contribution < -0.4 is 4.74 Å². The van der Waals surface area contributed by atoms with Gasteiger partial charge in [0.25, 0.3) is 0 Å². The Morgan fingerprint density at radius 2 is 1.94 bits per heavy atom. The van der Waals surface area contributed by atoms with E-state index in [1.54, 1.807) is 24.3 Å². The van der Waals surface area contributed by atoms with Gasteiger partial charge in [-0.2, -0.15) is 0 Å². The summed E-state index contributed by atoms with van der Waals surface area (Å²) in [5, 5.41) is 9.19. The molecule has 0 saturated heterocycles. The van der Waals surface area contributed by atoms with Crippen molar-refractivity contribution < 1.29 is 9.84 Å². The van der Waals surface area contributed by atoms with Crippen LogP contribution in [-0.4, -0.2) is 14.7 Å². The lowest BCUT2D eigenvalue weighted by atomic mass is 10.3. The molecule has 96 valence electrons. The Hall–Kier alpha value is -1.97. The number of hydrogen-bond donors (Lipinski definition) is 1. The molecule has 0 aliphatic rings. The number of imidazole rings is 1. The van der Waals surface area contributed by atoms with Crippen molar-refractivity contribution in [1.82, 2.24) is 9.55 Å². The summed E-state index contributed by atoms with van der Waals surface area (Å²) in [7, 11) is 0. The molecule has 0 aliphatic carbocycles. The van der Waals surface area contributed by atoms with Crippen LogP contribution in [0.15, 0.2) is 30.5 Å². The van der Waals surface area contributed by atoms with Gasteiger partial charge in [-0.15, -0.1) is 0 Å². The van der Waals surface area contributed by atoms with Crippen molar-refractivity contribution in [2.45, 2.75) is 33.4 Å². The molecule has 0 saturated carbocycles. The summed E-state index contributed by atoms with van der Waals surface area (Å²) in [4.78, 5) is 4.31. The van der Waals surface area contributed by atoms with E-state index in [0.717, 1.165) is 17.3 Å². The monoisotopic (exact) mass is 246 g/mol. The van der Waals surface area contributed by atoms with Crippen LogP contribution in [0.3, 0.4) is 0 Å². The van der Waals surface area contributed by atoms with Gasteiger partial charge in [-0.3, -0.25) is 0 Å². The second-order valence-electron chi connectivity index (χ2n) is 4.54. The maximum Gasteiger partial charge on any atom is 0.130 e. The van der Waals surface area contributed by atoms with Crippen LogP contribution in [0.1, 0.15) is 31.4 Å². The molecule has 4 nitrogen and oxygen atoms in total. The molecule has 0 bridgehead atoms. The summed E-state index contributed by atoms with van der Waals surface area (Å²) in [5.41, 5.74) is 1.05. The third-order valence-corrected chi connectivity index (χ3v) is 2.80. The van der Waals surface area contributed by atoms with Gasteiger partial charge >= 0.3 is 0 Å². The number of nitrogens with zero attached hydrogens (tertiary/aromatic N) is 2. The summed E-state index contributed by atoms with van der Waals surface area (Å²) in [6, 6.07) is 7.09. The van der Waals surface area contributed by atoms with Crippen LogP contribution >= 0.6 is 0 Å². The van der Waals surface area contributed by atoms with Gasteiger partial charge in [0.15, 0.2) is 0 Å². The normalized spacial score (nSPS) is 10.9. The first-order valence-electron chi connectivity index (χ1n) is 6.02. The van der Waals surface area contributed by atoms with Crippen molar-refractivity contribution in [1.29, 1.82) is 0 Å². The maximum absolute atomic E-state index is 9.19. The van der Waals surface area contributed by atoms with E-state index in [2.05, 4.69) is 23.4 Å². The predicted molar refractivity (Wildman–Crippen MR) is 69.8 cm³/mol. The zero-order valence-corrected chi connectivity index (χ0v) is 10.9. The number of aromatic nitrogens is 2. The Morgan fingerprint density at radius 3 is 2.56 bits per heavy atom. The molecule has 0 fully saturated rings. The molecule has 1 heterocycles. The highest BCUT2D eigenvalue weighted by Gasteiger charge is 2.09. The van der Waals surface area contributed by atoms with Crippen LogP contribution in [0.4, 0.5) is 0 Å². The Kier molecular flexibility index (Phi) is 3.55. The van der Waals surface area contributed by atoms with E-state index in [-0.39, 0.29) is 5.75 Å². The average Bonchev–Trinajstić information content (AvgIpc) is 2.70. The Labute approximate surface area is 107 Å². The standard InChI is InChI=1S/C14H18N2O2/c1-10(2)16-11(3)15-8-12(16)9-18-14-6-4-13(17)5-7-14/h4-8,10,17H,9H2,1-3H3. The van der Waals surface area contributed by atoms with Gasteiger partial charge in [0, 0.05) is 6.04 Å². The number of rotatable bonds is 4. The molecule has 0 unspecified atom stereocenters. The molecule has 4 heteroatoms. The van der Waals surface area contributed by atoms with Gasteiger partial charge < -0.3 is 14.4 Å². The molecule has 0 atom stereocenters. The Balaban J connectivity index is 2.08. The van der Waals surface area contributed by atoms with Crippen LogP contribution in [0, 0.1) is 6.92 Å². The van der Waals surface area contributed by atoms with Gasteiger partial charge in [-0.1, -0.05) is 0 Å². The molecule has 2 aromatic rings. The van der Waals surface area contributed by atoms with E-state index in [4.69, 9.17) is 4.74 Å². The van der Waals surface area contributed by atoms with E-state index in [0.29, 0.717) is 12.6 Å². The fraction of sp³-hybridized carbons (Fsp3) is 0.357. The van der Waals surface area contributed by atoms with Gasteiger partial charge in [0.2, 0.25) is 0 Å². The number of ether oxygens (including phenoxy) is 1. The van der Waals surface area contributed by atoms with Gasteiger partial charge in [0.05, 0.1) is 11.9 Å². The highest BCUT2D eigenvalue weighted by molar-refractivity contribution is 5.30. The number of phenolic OH excluding ortho intramolecular Hbond substituents is 1. The molecule has 1 aromatic heterocycles. The first kappa shape index (κ1) is 12.5. The fourth-order valence-electron chi connectivity index (χ4n) is 2.01. The SMILES string of the molecule is Cc1ncc(COc2ccc(O)cc2)n1C(C)C. The second-order valence-corrected chi connectivity index (χ2v) is 4.54. The summed E-state index contributed by atoms with van der Waals surface area (Å²) in [5.74, 6) is 1.97. The zero-order valence-electron chi connectivity index (χ0n) is 10.9. The number of benzene rings is 1. The van der Waals surface area contributed by atoms with E-state index in [1.165, 1.54) is 0 Å². The fourth-order valence-corrected chi connectivity index (χ4v) is 2.01. The molecule has 2 rings (SSSR count). The predicted octanol–water partition coefficient (Wildman–Crippen LogP) is 3.06. The van der Waals surface area contributed by atoms with Crippen molar-refractivity contribution in [2.75, 3.05) is 0 Å². The molecule has 0 spiro atoms. The van der Waals surface area contributed by atoms with Crippen molar-refractivity contribution in [2.24, 2.45) is 0 Å². The minimum Gasteiger partial charge on any atom is -0.508 e. The molecule has 1 aromatic carbocycles. The lowest BCUT2D eigenvalue weighted by molar-refractivity contribution is 0.291. The molecular formula is C14H18N2O2. The Bertz CT molecular complexity index is 515. The molecular weight excluding hydrogens is 228 g/mol. The van der Waals surface area contributed by atoms with Crippen molar-refractivity contribution >= 4 is 0 Å². The largest absolute Gasteiger partial charge is 0.508 e. The Morgan fingerprint density at radius 1 is 1.28 bits per heavy atom. The quantitative estimate of drug-likeness (QED) is 0.901. The lowest BCUT2D eigenvalue weighted by Gasteiger charge is -2.14. The van der Waals surface area contributed by atoms with E-state index in [9.17, 15) is 5.11 Å². The van der Waals surface area contributed by atoms with Crippen molar-refractivity contribution in [3.63, 3.8) is 0 Å². The molecule has 0 amide bonds. The highest BCUT2D eigenvalue weighted by atomic mass is 16.5. The zero-order chi connectivity index (χ0) is 13.1. The smallest absolute Gasteiger partial charge is 0.130 e. The summed E-state index contributed by atoms with van der Waals surface area (Å²) < 4.78 is 7.83. The van der Waals surface area contributed by atoms with Crippen LogP contribution in [0.5, 0.6) is 11.5 Å². The summed E-state index contributed by atoms with van der Waals surface area (Å²) in [6.45, 7) is 6.71. The molecule has 1 N–H and O–H groups in total. The minimum absolute atomic E-state index is 0.241. The minimum atomic E-state index is 0.241. The molecule has 0 radical (unpaired) electrons. The van der Waals surface area contributed by atoms with Crippen molar-refractivity contribution in [3.8, 4) is 11.5 Å². The topological polar surface area (TPSA) is 47.3 Å². The lowest BCUT2D eigenvalue weighted by Crippen LogP contribution is -2.09. The van der Waals surface area contributed by atoms with Crippen LogP contribution in [-0.2, 0) is 6.61 Å². The first-order chi connectivity index (χ1) is 8.58. The second kappa shape index (κ2) is 5.12. The maximum atomic E-state index is 9.19. The van der Waals surface area contributed by atoms with Crippen LogP contribution in [0.2, 0.25) is 0 Å².